The average molecular weight is 274 g/mol. The highest BCUT2D eigenvalue weighted by atomic mass is 16.7. The van der Waals surface area contributed by atoms with E-state index >= 15 is 0 Å². The molecular weight excluding hydrogens is 248 g/mol. The van der Waals surface area contributed by atoms with Crippen LogP contribution in [0.4, 0.5) is 0 Å². The first-order valence-corrected chi connectivity index (χ1v) is 8.36. The molecule has 0 bridgehead atoms. The minimum atomic E-state index is -0.151. The molecule has 3 unspecified atom stereocenters. The van der Waals surface area contributed by atoms with Gasteiger partial charge in [-0.2, -0.15) is 10.3 Å². The van der Waals surface area contributed by atoms with Crippen molar-refractivity contribution in [3.05, 3.63) is 11.6 Å². The number of nitriles is 1. The van der Waals surface area contributed by atoms with Crippen LogP contribution in [-0.4, -0.2) is 23.3 Å². The Morgan fingerprint density at radius 1 is 1.10 bits per heavy atom. The van der Waals surface area contributed by atoms with Gasteiger partial charge in [0, 0.05) is 12.0 Å². The zero-order valence-corrected chi connectivity index (χ0v) is 12.6. The van der Waals surface area contributed by atoms with Crippen molar-refractivity contribution in [1.82, 2.24) is 5.06 Å². The molecule has 0 spiro atoms. The molecule has 2 aliphatic carbocycles. The number of hydrogen-bond donors (Lipinski definition) is 0. The van der Waals surface area contributed by atoms with E-state index in [1.54, 1.807) is 0 Å². The standard InChI is InChI=1S/C17H26N2O/c1-2-14-15-10-6-7-11-17(15)20-19(16(14)12-18)13-8-4-3-5-9-13/h2,13,15-17H,3-11H2,1H3/b14-2-. The van der Waals surface area contributed by atoms with E-state index in [1.807, 2.05) is 0 Å². The van der Waals surface area contributed by atoms with Gasteiger partial charge in [0.15, 0.2) is 0 Å². The molecule has 0 aromatic heterocycles. The third kappa shape index (κ3) is 2.52. The number of hydrogen-bond acceptors (Lipinski definition) is 3. The Bertz CT molecular complexity index is 406. The molecule has 3 atom stereocenters. The lowest BCUT2D eigenvalue weighted by Crippen LogP contribution is -2.54. The summed E-state index contributed by atoms with van der Waals surface area (Å²) in [7, 11) is 0. The quantitative estimate of drug-likeness (QED) is 0.679. The predicted octanol–water partition coefficient (Wildman–Crippen LogP) is 3.96. The van der Waals surface area contributed by atoms with Gasteiger partial charge < -0.3 is 0 Å². The third-order valence-electron chi connectivity index (χ3n) is 5.35. The van der Waals surface area contributed by atoms with Crippen LogP contribution < -0.4 is 0 Å². The molecule has 3 fully saturated rings. The summed E-state index contributed by atoms with van der Waals surface area (Å²) in [5.41, 5.74) is 1.33. The molecule has 0 N–H and O–H groups in total. The van der Waals surface area contributed by atoms with E-state index in [2.05, 4.69) is 24.1 Å². The summed E-state index contributed by atoms with van der Waals surface area (Å²) < 4.78 is 0. The molecule has 1 saturated heterocycles. The zero-order valence-electron chi connectivity index (χ0n) is 12.6. The van der Waals surface area contributed by atoms with Gasteiger partial charge in [-0.3, -0.25) is 4.84 Å². The molecule has 110 valence electrons. The second kappa shape index (κ2) is 6.28. The van der Waals surface area contributed by atoms with Crippen LogP contribution in [0.25, 0.3) is 0 Å². The number of nitrogens with zero attached hydrogens (tertiary/aromatic N) is 2. The summed E-state index contributed by atoms with van der Waals surface area (Å²) in [6.45, 7) is 2.09. The fraction of sp³-hybridized carbons (Fsp3) is 0.824. The Hall–Kier alpha value is -0.850. The van der Waals surface area contributed by atoms with Crippen molar-refractivity contribution >= 4 is 0 Å². The number of allylic oxidation sites excluding steroid dienone is 1. The van der Waals surface area contributed by atoms with Crippen molar-refractivity contribution in [3.8, 4) is 6.07 Å². The second-order valence-electron chi connectivity index (χ2n) is 6.51. The molecule has 3 rings (SSSR count). The van der Waals surface area contributed by atoms with Crippen LogP contribution in [0.2, 0.25) is 0 Å². The molecule has 1 aliphatic heterocycles. The minimum absolute atomic E-state index is 0.151. The van der Waals surface area contributed by atoms with Gasteiger partial charge in [0.1, 0.15) is 6.04 Å². The molecule has 0 aromatic carbocycles. The van der Waals surface area contributed by atoms with Gasteiger partial charge in [0.05, 0.1) is 12.2 Å². The van der Waals surface area contributed by atoms with Crippen LogP contribution >= 0.6 is 0 Å². The first kappa shape index (κ1) is 14.1. The Morgan fingerprint density at radius 2 is 1.80 bits per heavy atom. The summed E-state index contributed by atoms with van der Waals surface area (Å²) in [4.78, 5) is 6.34. The summed E-state index contributed by atoms with van der Waals surface area (Å²) >= 11 is 0. The van der Waals surface area contributed by atoms with Gasteiger partial charge in [-0.15, -0.1) is 0 Å². The number of hydroxylamine groups is 2. The molecule has 3 nitrogen and oxygen atoms in total. The number of fused-ring (bicyclic) bond motifs is 1. The van der Waals surface area contributed by atoms with E-state index in [0.29, 0.717) is 18.1 Å². The van der Waals surface area contributed by atoms with Crippen LogP contribution in [0.3, 0.4) is 0 Å². The maximum absolute atomic E-state index is 9.67. The monoisotopic (exact) mass is 274 g/mol. The Morgan fingerprint density at radius 3 is 2.50 bits per heavy atom. The molecular formula is C17H26N2O. The molecule has 1 heterocycles. The van der Waals surface area contributed by atoms with Gasteiger partial charge in [0.25, 0.3) is 0 Å². The lowest BCUT2D eigenvalue weighted by Gasteiger charge is -2.48. The predicted molar refractivity (Wildman–Crippen MR) is 78.7 cm³/mol. The highest BCUT2D eigenvalue weighted by Gasteiger charge is 2.44. The number of rotatable bonds is 1. The fourth-order valence-corrected chi connectivity index (χ4v) is 4.31. The Labute approximate surface area is 122 Å². The largest absolute Gasteiger partial charge is 0.293 e. The SMILES string of the molecule is C/C=C1/C2CCCCC2ON(C2CCCCC2)C1C#N. The van der Waals surface area contributed by atoms with Gasteiger partial charge in [-0.25, -0.2) is 0 Å². The van der Waals surface area contributed by atoms with Gasteiger partial charge >= 0.3 is 0 Å². The van der Waals surface area contributed by atoms with Crippen molar-refractivity contribution in [2.75, 3.05) is 0 Å². The Kier molecular flexibility index (Phi) is 4.43. The smallest absolute Gasteiger partial charge is 0.143 e. The lowest BCUT2D eigenvalue weighted by atomic mass is 9.77. The molecule has 0 aromatic rings. The average Bonchev–Trinajstić information content (AvgIpc) is 2.53. The summed E-state index contributed by atoms with van der Waals surface area (Å²) in [6.07, 6.45) is 13.7. The van der Waals surface area contributed by atoms with Gasteiger partial charge in [-0.05, 0) is 38.2 Å². The summed E-state index contributed by atoms with van der Waals surface area (Å²) in [6, 6.07) is 2.82. The van der Waals surface area contributed by atoms with Gasteiger partial charge in [0.2, 0.25) is 0 Å². The van der Waals surface area contributed by atoms with Crippen molar-refractivity contribution in [1.29, 1.82) is 5.26 Å². The van der Waals surface area contributed by atoms with E-state index in [1.165, 1.54) is 56.9 Å². The van der Waals surface area contributed by atoms with Crippen molar-refractivity contribution < 1.29 is 4.84 Å². The van der Waals surface area contributed by atoms with Gasteiger partial charge in [-0.1, -0.05) is 38.2 Å². The summed E-state index contributed by atoms with van der Waals surface area (Å²) in [5, 5.41) is 11.8. The fourth-order valence-electron chi connectivity index (χ4n) is 4.31. The third-order valence-corrected chi connectivity index (χ3v) is 5.35. The normalized spacial score (nSPS) is 38.4. The van der Waals surface area contributed by atoms with Crippen molar-refractivity contribution in [2.24, 2.45) is 5.92 Å². The maximum Gasteiger partial charge on any atom is 0.143 e. The van der Waals surface area contributed by atoms with Crippen LogP contribution in [0.15, 0.2) is 11.6 Å². The maximum atomic E-state index is 9.67. The molecule has 20 heavy (non-hydrogen) atoms. The molecule has 3 heteroatoms. The first-order chi connectivity index (χ1) is 9.85. The van der Waals surface area contributed by atoms with E-state index in [-0.39, 0.29) is 6.04 Å². The first-order valence-electron chi connectivity index (χ1n) is 8.36. The van der Waals surface area contributed by atoms with E-state index in [4.69, 9.17) is 4.84 Å². The zero-order chi connectivity index (χ0) is 13.9. The van der Waals surface area contributed by atoms with Crippen molar-refractivity contribution in [3.63, 3.8) is 0 Å². The van der Waals surface area contributed by atoms with Crippen LogP contribution in [0.5, 0.6) is 0 Å². The molecule has 0 radical (unpaired) electrons. The van der Waals surface area contributed by atoms with Crippen LogP contribution in [-0.2, 0) is 4.84 Å². The Balaban J connectivity index is 1.84. The van der Waals surface area contributed by atoms with E-state index < -0.39 is 0 Å². The van der Waals surface area contributed by atoms with E-state index in [9.17, 15) is 5.26 Å². The van der Waals surface area contributed by atoms with E-state index in [0.717, 1.165) is 6.42 Å². The van der Waals surface area contributed by atoms with Crippen LogP contribution in [0.1, 0.15) is 64.7 Å². The molecule has 3 aliphatic rings. The highest BCUT2D eigenvalue weighted by molar-refractivity contribution is 5.25. The minimum Gasteiger partial charge on any atom is -0.293 e. The highest BCUT2D eigenvalue weighted by Crippen LogP contribution is 2.41. The van der Waals surface area contributed by atoms with Crippen molar-refractivity contribution in [2.45, 2.75) is 82.9 Å². The molecule has 2 saturated carbocycles. The topological polar surface area (TPSA) is 36.3 Å². The molecule has 0 amide bonds. The lowest BCUT2D eigenvalue weighted by molar-refractivity contribution is -0.268. The summed E-state index contributed by atoms with van der Waals surface area (Å²) in [5.74, 6) is 0.484. The van der Waals surface area contributed by atoms with Crippen LogP contribution in [0, 0.1) is 17.2 Å². The second-order valence-corrected chi connectivity index (χ2v) is 6.51.